The molecule has 4 heteroatoms. The fraction of sp³-hybridized carbons (Fsp3) is 0.0769. The number of pyridine rings is 1. The average molecular weight is 228 g/mol. The summed E-state index contributed by atoms with van der Waals surface area (Å²) in [5, 5.41) is 0. The number of carbonyl (C=O) groups excluding carboxylic acids is 1. The van der Waals surface area contributed by atoms with Gasteiger partial charge in [-0.05, 0) is 12.1 Å². The predicted octanol–water partition coefficient (Wildman–Crippen LogP) is 1.69. The van der Waals surface area contributed by atoms with Crippen LogP contribution in [0.5, 0.6) is 5.75 Å². The molecule has 0 fully saturated rings. The summed E-state index contributed by atoms with van der Waals surface area (Å²) in [5.41, 5.74) is 6.06. The first-order valence-electron chi connectivity index (χ1n) is 5.18. The van der Waals surface area contributed by atoms with Crippen LogP contribution in [-0.4, -0.2) is 10.9 Å². The van der Waals surface area contributed by atoms with Crippen molar-refractivity contribution in [1.82, 2.24) is 4.98 Å². The minimum Gasteiger partial charge on any atom is -0.474 e. The SMILES string of the molecule is NC(=O)C(Oc1cccnc1)c1ccccc1. The van der Waals surface area contributed by atoms with E-state index in [0.717, 1.165) is 5.56 Å². The molecule has 1 heterocycles. The molecular formula is C13H12N2O2. The second kappa shape index (κ2) is 5.12. The van der Waals surface area contributed by atoms with Gasteiger partial charge in [-0.2, -0.15) is 0 Å². The summed E-state index contributed by atoms with van der Waals surface area (Å²) in [4.78, 5) is 15.3. The van der Waals surface area contributed by atoms with E-state index in [1.807, 2.05) is 18.2 Å². The highest BCUT2D eigenvalue weighted by Crippen LogP contribution is 2.20. The molecule has 4 nitrogen and oxygen atoms in total. The van der Waals surface area contributed by atoms with Gasteiger partial charge in [0.1, 0.15) is 5.75 Å². The lowest BCUT2D eigenvalue weighted by Crippen LogP contribution is -2.26. The summed E-state index contributed by atoms with van der Waals surface area (Å²) in [6, 6.07) is 12.6. The first-order valence-corrected chi connectivity index (χ1v) is 5.18. The number of nitrogens with two attached hydrogens (primary N) is 1. The number of amides is 1. The fourth-order valence-corrected chi connectivity index (χ4v) is 1.47. The van der Waals surface area contributed by atoms with Gasteiger partial charge in [0.15, 0.2) is 0 Å². The van der Waals surface area contributed by atoms with Crippen LogP contribution in [0.4, 0.5) is 0 Å². The molecule has 0 aliphatic carbocycles. The third-order valence-corrected chi connectivity index (χ3v) is 2.25. The van der Waals surface area contributed by atoms with Crippen molar-refractivity contribution >= 4 is 5.91 Å². The number of nitrogens with zero attached hydrogens (tertiary/aromatic N) is 1. The normalized spacial score (nSPS) is 11.8. The van der Waals surface area contributed by atoms with Gasteiger partial charge >= 0.3 is 0 Å². The largest absolute Gasteiger partial charge is 0.474 e. The maximum Gasteiger partial charge on any atom is 0.263 e. The van der Waals surface area contributed by atoms with Crippen LogP contribution in [0, 0.1) is 0 Å². The molecule has 0 spiro atoms. The zero-order valence-electron chi connectivity index (χ0n) is 9.11. The highest BCUT2D eigenvalue weighted by molar-refractivity contribution is 5.80. The molecule has 1 unspecified atom stereocenters. The van der Waals surface area contributed by atoms with E-state index in [2.05, 4.69) is 4.98 Å². The van der Waals surface area contributed by atoms with E-state index < -0.39 is 12.0 Å². The van der Waals surface area contributed by atoms with Crippen molar-refractivity contribution in [3.63, 3.8) is 0 Å². The molecule has 1 aromatic heterocycles. The number of aromatic nitrogens is 1. The quantitative estimate of drug-likeness (QED) is 0.865. The van der Waals surface area contributed by atoms with Crippen molar-refractivity contribution in [1.29, 1.82) is 0 Å². The standard InChI is InChI=1S/C13H12N2O2/c14-13(16)12(10-5-2-1-3-6-10)17-11-7-4-8-15-9-11/h1-9,12H,(H2,14,16). The number of carbonyl (C=O) groups is 1. The minimum absolute atomic E-state index is 0.514. The third kappa shape index (κ3) is 2.81. The summed E-state index contributed by atoms with van der Waals surface area (Å²) in [5.74, 6) is -0.0137. The molecule has 2 rings (SSSR count). The van der Waals surface area contributed by atoms with Gasteiger partial charge in [0.05, 0.1) is 6.20 Å². The molecular weight excluding hydrogens is 216 g/mol. The lowest BCUT2D eigenvalue weighted by Gasteiger charge is -2.15. The van der Waals surface area contributed by atoms with Crippen LogP contribution in [0.3, 0.4) is 0 Å². The van der Waals surface area contributed by atoms with Gasteiger partial charge < -0.3 is 10.5 Å². The number of ether oxygens (including phenoxy) is 1. The van der Waals surface area contributed by atoms with E-state index in [-0.39, 0.29) is 0 Å². The van der Waals surface area contributed by atoms with E-state index in [4.69, 9.17) is 10.5 Å². The number of primary amides is 1. The Bertz CT molecular complexity index is 485. The number of hydrogen-bond donors (Lipinski definition) is 1. The maximum absolute atomic E-state index is 11.4. The van der Waals surface area contributed by atoms with Crippen LogP contribution in [-0.2, 0) is 4.79 Å². The molecule has 0 radical (unpaired) electrons. The fourth-order valence-electron chi connectivity index (χ4n) is 1.47. The highest BCUT2D eigenvalue weighted by atomic mass is 16.5. The Labute approximate surface area is 99.1 Å². The Morgan fingerprint density at radius 2 is 1.94 bits per heavy atom. The Morgan fingerprint density at radius 1 is 1.18 bits per heavy atom. The van der Waals surface area contributed by atoms with Gasteiger partial charge in [-0.15, -0.1) is 0 Å². The summed E-state index contributed by atoms with van der Waals surface area (Å²) in [7, 11) is 0. The van der Waals surface area contributed by atoms with Gasteiger partial charge in [0, 0.05) is 11.8 Å². The molecule has 2 N–H and O–H groups in total. The second-order valence-electron chi connectivity index (χ2n) is 3.50. The Balaban J connectivity index is 2.23. The van der Waals surface area contributed by atoms with Gasteiger partial charge in [-0.25, -0.2) is 0 Å². The van der Waals surface area contributed by atoms with Crippen molar-refractivity contribution in [3.05, 3.63) is 60.4 Å². The predicted molar refractivity (Wildman–Crippen MR) is 63.2 cm³/mol. The Kier molecular flexibility index (Phi) is 3.35. The van der Waals surface area contributed by atoms with E-state index in [0.29, 0.717) is 5.75 Å². The van der Waals surface area contributed by atoms with Crippen LogP contribution in [0.1, 0.15) is 11.7 Å². The van der Waals surface area contributed by atoms with Crippen molar-refractivity contribution in [2.24, 2.45) is 5.73 Å². The van der Waals surface area contributed by atoms with Crippen LogP contribution in [0.2, 0.25) is 0 Å². The summed E-state index contributed by atoms with van der Waals surface area (Å²) in [6.07, 6.45) is 2.38. The van der Waals surface area contributed by atoms with Crippen LogP contribution >= 0.6 is 0 Å². The molecule has 2 aromatic rings. The Hall–Kier alpha value is -2.36. The first kappa shape index (κ1) is 11.1. The third-order valence-electron chi connectivity index (χ3n) is 2.25. The molecule has 0 saturated carbocycles. The second-order valence-corrected chi connectivity index (χ2v) is 3.50. The summed E-state index contributed by atoms with van der Waals surface area (Å²) >= 11 is 0. The molecule has 1 amide bonds. The summed E-state index contributed by atoms with van der Waals surface area (Å²) < 4.78 is 5.52. The number of hydrogen-bond acceptors (Lipinski definition) is 3. The van der Waals surface area contributed by atoms with Crippen LogP contribution in [0.15, 0.2) is 54.9 Å². The number of benzene rings is 1. The number of rotatable bonds is 4. The smallest absolute Gasteiger partial charge is 0.263 e. The Morgan fingerprint density at radius 3 is 2.53 bits per heavy atom. The first-order chi connectivity index (χ1) is 8.27. The molecule has 17 heavy (non-hydrogen) atoms. The molecule has 1 aromatic carbocycles. The van der Waals surface area contributed by atoms with Crippen molar-refractivity contribution in [3.8, 4) is 5.75 Å². The monoisotopic (exact) mass is 228 g/mol. The van der Waals surface area contributed by atoms with Crippen LogP contribution < -0.4 is 10.5 Å². The molecule has 0 aliphatic heterocycles. The average Bonchev–Trinajstić information content (AvgIpc) is 2.38. The van der Waals surface area contributed by atoms with E-state index >= 15 is 0 Å². The van der Waals surface area contributed by atoms with Gasteiger partial charge in [0.25, 0.3) is 5.91 Å². The molecule has 86 valence electrons. The minimum atomic E-state index is -0.791. The van der Waals surface area contributed by atoms with Crippen molar-refractivity contribution < 1.29 is 9.53 Å². The van der Waals surface area contributed by atoms with E-state index in [9.17, 15) is 4.79 Å². The topological polar surface area (TPSA) is 65.2 Å². The summed E-state index contributed by atoms with van der Waals surface area (Å²) in [6.45, 7) is 0. The molecule has 1 atom stereocenters. The maximum atomic E-state index is 11.4. The lowest BCUT2D eigenvalue weighted by atomic mass is 10.1. The van der Waals surface area contributed by atoms with Crippen molar-refractivity contribution in [2.45, 2.75) is 6.10 Å². The lowest BCUT2D eigenvalue weighted by molar-refractivity contribution is -0.125. The van der Waals surface area contributed by atoms with Gasteiger partial charge in [-0.3, -0.25) is 9.78 Å². The molecule has 0 saturated heterocycles. The van der Waals surface area contributed by atoms with Crippen molar-refractivity contribution in [2.75, 3.05) is 0 Å². The zero-order chi connectivity index (χ0) is 12.1. The van der Waals surface area contributed by atoms with E-state index in [1.165, 1.54) is 0 Å². The molecule has 0 aliphatic rings. The highest BCUT2D eigenvalue weighted by Gasteiger charge is 2.19. The zero-order valence-corrected chi connectivity index (χ0v) is 9.11. The van der Waals surface area contributed by atoms with Gasteiger partial charge in [-0.1, -0.05) is 30.3 Å². The van der Waals surface area contributed by atoms with Crippen LogP contribution in [0.25, 0.3) is 0 Å². The van der Waals surface area contributed by atoms with E-state index in [1.54, 1.807) is 36.7 Å². The molecule has 0 bridgehead atoms. The van der Waals surface area contributed by atoms with Gasteiger partial charge in [0.2, 0.25) is 6.10 Å².